The van der Waals surface area contributed by atoms with Crippen molar-refractivity contribution in [3.63, 3.8) is 0 Å². The van der Waals surface area contributed by atoms with Crippen LogP contribution in [0, 0.1) is 0 Å². The van der Waals surface area contributed by atoms with E-state index >= 15 is 0 Å². The number of hydrogen-bond donors (Lipinski definition) is 1. The zero-order valence-electron chi connectivity index (χ0n) is 11.8. The average molecular weight is 253 g/mol. The molecule has 0 bridgehead atoms. The van der Waals surface area contributed by atoms with E-state index in [1.54, 1.807) is 6.92 Å². The van der Waals surface area contributed by atoms with Crippen LogP contribution in [0.1, 0.15) is 39.5 Å². The van der Waals surface area contributed by atoms with Crippen molar-refractivity contribution in [3.8, 4) is 0 Å². The smallest absolute Gasteiger partial charge is 0.217 e. The number of piperidine rings is 2. The van der Waals surface area contributed by atoms with Crippen LogP contribution >= 0.6 is 0 Å². The van der Waals surface area contributed by atoms with E-state index in [9.17, 15) is 4.79 Å². The molecule has 4 heteroatoms. The first-order chi connectivity index (χ1) is 8.69. The Morgan fingerprint density at radius 1 is 1.11 bits per heavy atom. The Morgan fingerprint density at radius 2 is 1.72 bits per heavy atom. The quantitative estimate of drug-likeness (QED) is 0.817. The molecule has 2 heterocycles. The lowest BCUT2D eigenvalue weighted by Crippen LogP contribution is -2.50. The first kappa shape index (κ1) is 13.8. The molecule has 1 amide bonds. The van der Waals surface area contributed by atoms with E-state index in [0.29, 0.717) is 6.04 Å². The molecule has 2 aliphatic rings. The van der Waals surface area contributed by atoms with Gasteiger partial charge in [-0.1, -0.05) is 6.92 Å². The van der Waals surface area contributed by atoms with Crippen molar-refractivity contribution in [1.82, 2.24) is 15.1 Å². The van der Waals surface area contributed by atoms with Crippen LogP contribution in [0.15, 0.2) is 0 Å². The summed E-state index contributed by atoms with van der Waals surface area (Å²) in [5.41, 5.74) is 0. The fourth-order valence-electron chi connectivity index (χ4n) is 3.30. The molecule has 4 nitrogen and oxygen atoms in total. The molecule has 0 radical (unpaired) electrons. The molecule has 0 aliphatic carbocycles. The molecule has 2 saturated heterocycles. The number of carbonyl (C=O) groups excluding carboxylic acids is 1. The van der Waals surface area contributed by atoms with Gasteiger partial charge in [-0.05, 0) is 45.3 Å². The number of hydrogen-bond acceptors (Lipinski definition) is 3. The van der Waals surface area contributed by atoms with Crippen LogP contribution in [-0.2, 0) is 4.79 Å². The van der Waals surface area contributed by atoms with E-state index in [2.05, 4.69) is 22.0 Å². The Morgan fingerprint density at radius 3 is 2.22 bits per heavy atom. The largest absolute Gasteiger partial charge is 0.354 e. The van der Waals surface area contributed by atoms with Crippen LogP contribution < -0.4 is 5.32 Å². The van der Waals surface area contributed by atoms with Crippen LogP contribution in [-0.4, -0.2) is 60.5 Å². The second kappa shape index (κ2) is 6.53. The van der Waals surface area contributed by atoms with Gasteiger partial charge in [0.1, 0.15) is 0 Å². The summed E-state index contributed by atoms with van der Waals surface area (Å²) >= 11 is 0. The predicted octanol–water partition coefficient (Wildman–Crippen LogP) is 1.07. The molecular weight excluding hydrogens is 226 g/mol. The zero-order valence-corrected chi connectivity index (χ0v) is 11.8. The third-order valence-electron chi connectivity index (χ3n) is 4.46. The maximum Gasteiger partial charge on any atom is 0.217 e. The van der Waals surface area contributed by atoms with Crippen LogP contribution in [0.2, 0.25) is 0 Å². The molecule has 0 atom stereocenters. The molecule has 18 heavy (non-hydrogen) atoms. The number of rotatable bonds is 3. The van der Waals surface area contributed by atoms with E-state index in [1.165, 1.54) is 32.5 Å². The normalized spacial score (nSPS) is 25.2. The second-order valence-corrected chi connectivity index (χ2v) is 5.68. The Balaban J connectivity index is 1.71. The van der Waals surface area contributed by atoms with Gasteiger partial charge in [0.25, 0.3) is 0 Å². The Labute approximate surface area is 111 Å². The Hall–Kier alpha value is -0.610. The lowest BCUT2D eigenvalue weighted by atomic mass is 9.98. The van der Waals surface area contributed by atoms with E-state index in [1.807, 2.05) is 0 Å². The van der Waals surface area contributed by atoms with Gasteiger partial charge in [0.05, 0.1) is 0 Å². The molecular formula is C14H27N3O. The summed E-state index contributed by atoms with van der Waals surface area (Å²) in [4.78, 5) is 16.2. The molecule has 2 aliphatic heterocycles. The van der Waals surface area contributed by atoms with Gasteiger partial charge in [-0.15, -0.1) is 0 Å². The van der Waals surface area contributed by atoms with Gasteiger partial charge in [0.15, 0.2) is 0 Å². The maximum atomic E-state index is 11.0. The van der Waals surface area contributed by atoms with E-state index in [-0.39, 0.29) is 5.91 Å². The summed E-state index contributed by atoms with van der Waals surface area (Å²) in [6.07, 6.45) is 4.87. The average Bonchev–Trinajstić information content (AvgIpc) is 2.39. The topological polar surface area (TPSA) is 35.6 Å². The lowest BCUT2D eigenvalue weighted by molar-refractivity contribution is -0.120. The zero-order chi connectivity index (χ0) is 13.0. The summed E-state index contributed by atoms with van der Waals surface area (Å²) in [5.74, 6) is 0.115. The molecule has 0 saturated carbocycles. The number of nitrogens with zero attached hydrogens (tertiary/aromatic N) is 2. The van der Waals surface area contributed by atoms with E-state index < -0.39 is 0 Å². The summed E-state index contributed by atoms with van der Waals surface area (Å²) in [5, 5.41) is 3.05. The molecule has 0 aromatic rings. The minimum absolute atomic E-state index is 0.115. The number of amides is 1. The highest BCUT2D eigenvalue weighted by molar-refractivity contribution is 5.73. The predicted molar refractivity (Wildman–Crippen MR) is 73.5 cm³/mol. The van der Waals surface area contributed by atoms with Crippen LogP contribution in [0.3, 0.4) is 0 Å². The van der Waals surface area contributed by atoms with Gasteiger partial charge in [-0.2, -0.15) is 0 Å². The van der Waals surface area contributed by atoms with Gasteiger partial charge in [-0.25, -0.2) is 0 Å². The van der Waals surface area contributed by atoms with Crippen molar-refractivity contribution in [2.24, 2.45) is 0 Å². The van der Waals surface area contributed by atoms with Crippen molar-refractivity contribution in [1.29, 1.82) is 0 Å². The molecule has 0 aromatic heterocycles. The highest BCUT2D eigenvalue weighted by Gasteiger charge is 2.27. The fourth-order valence-corrected chi connectivity index (χ4v) is 3.30. The molecule has 0 unspecified atom stereocenters. The summed E-state index contributed by atoms with van der Waals surface area (Å²) < 4.78 is 0. The van der Waals surface area contributed by atoms with Crippen LogP contribution in [0.5, 0.6) is 0 Å². The minimum atomic E-state index is 0.115. The Kier molecular flexibility index (Phi) is 5.01. The SMILES string of the molecule is CCN1CCC(N2CCC(NC(C)=O)CC2)CC1. The lowest BCUT2D eigenvalue weighted by Gasteiger charge is -2.41. The van der Waals surface area contributed by atoms with Crippen molar-refractivity contribution < 1.29 is 4.79 Å². The maximum absolute atomic E-state index is 11.0. The second-order valence-electron chi connectivity index (χ2n) is 5.68. The van der Waals surface area contributed by atoms with Gasteiger partial charge in [0.2, 0.25) is 5.91 Å². The molecule has 0 spiro atoms. The summed E-state index contributed by atoms with van der Waals surface area (Å²) in [6, 6.07) is 1.19. The first-order valence-electron chi connectivity index (χ1n) is 7.42. The van der Waals surface area contributed by atoms with E-state index in [0.717, 1.165) is 32.0 Å². The van der Waals surface area contributed by atoms with Crippen LogP contribution in [0.4, 0.5) is 0 Å². The first-order valence-corrected chi connectivity index (χ1v) is 7.42. The molecule has 1 N–H and O–H groups in total. The summed E-state index contributed by atoms with van der Waals surface area (Å²) in [6.45, 7) is 9.88. The van der Waals surface area contributed by atoms with Crippen molar-refractivity contribution in [2.75, 3.05) is 32.7 Å². The monoisotopic (exact) mass is 253 g/mol. The standard InChI is InChI=1S/C14H27N3O/c1-3-16-8-6-14(7-9-16)17-10-4-13(5-11-17)15-12(2)18/h13-14H,3-11H2,1-2H3,(H,15,18). The van der Waals surface area contributed by atoms with E-state index in [4.69, 9.17) is 0 Å². The van der Waals surface area contributed by atoms with Gasteiger partial charge in [-0.3, -0.25) is 4.79 Å². The number of nitrogens with one attached hydrogen (secondary N) is 1. The number of carbonyl (C=O) groups is 1. The van der Waals surface area contributed by atoms with Crippen LogP contribution in [0.25, 0.3) is 0 Å². The third-order valence-corrected chi connectivity index (χ3v) is 4.46. The highest BCUT2D eigenvalue weighted by Crippen LogP contribution is 2.20. The Bertz CT molecular complexity index is 266. The third kappa shape index (κ3) is 3.69. The van der Waals surface area contributed by atoms with Gasteiger partial charge < -0.3 is 15.1 Å². The van der Waals surface area contributed by atoms with Crippen molar-refractivity contribution >= 4 is 5.91 Å². The fraction of sp³-hybridized carbons (Fsp3) is 0.929. The molecule has 104 valence electrons. The van der Waals surface area contributed by atoms with Gasteiger partial charge >= 0.3 is 0 Å². The minimum Gasteiger partial charge on any atom is -0.354 e. The van der Waals surface area contributed by atoms with Crippen molar-refractivity contribution in [2.45, 2.75) is 51.6 Å². The van der Waals surface area contributed by atoms with Gasteiger partial charge in [0, 0.05) is 32.1 Å². The number of likely N-dealkylation sites (tertiary alicyclic amines) is 2. The highest BCUT2D eigenvalue weighted by atomic mass is 16.1. The summed E-state index contributed by atoms with van der Waals surface area (Å²) in [7, 11) is 0. The van der Waals surface area contributed by atoms with Crippen molar-refractivity contribution in [3.05, 3.63) is 0 Å². The molecule has 2 fully saturated rings. The molecule has 2 rings (SSSR count). The molecule has 0 aromatic carbocycles.